The van der Waals surface area contributed by atoms with Crippen molar-refractivity contribution in [3.05, 3.63) is 77.4 Å². The molecule has 0 spiro atoms. The highest BCUT2D eigenvalue weighted by Gasteiger charge is 2.25. The fourth-order valence-corrected chi connectivity index (χ4v) is 4.47. The summed E-state index contributed by atoms with van der Waals surface area (Å²) in [5, 5.41) is 9.96. The van der Waals surface area contributed by atoms with Crippen molar-refractivity contribution in [1.29, 1.82) is 0 Å². The van der Waals surface area contributed by atoms with E-state index in [-0.39, 0.29) is 23.3 Å². The molecule has 0 aliphatic carbocycles. The van der Waals surface area contributed by atoms with Gasteiger partial charge < -0.3 is 20.9 Å². The third-order valence-electron chi connectivity index (χ3n) is 6.42. The summed E-state index contributed by atoms with van der Waals surface area (Å²) in [4.78, 5) is 47.3. The normalized spacial score (nSPS) is 15.3. The number of anilines is 2. The van der Waals surface area contributed by atoms with Crippen molar-refractivity contribution in [2.75, 3.05) is 17.3 Å². The molecule has 0 saturated heterocycles. The highest BCUT2D eigenvalue weighted by molar-refractivity contribution is 6.43. The average molecular weight is 502 g/mol. The van der Waals surface area contributed by atoms with Crippen molar-refractivity contribution < 1.29 is 18.8 Å². The number of halogens is 1. The van der Waals surface area contributed by atoms with Gasteiger partial charge in [-0.25, -0.2) is 4.39 Å². The molecule has 2 aromatic carbocycles. The van der Waals surface area contributed by atoms with Crippen molar-refractivity contribution in [3.8, 4) is 0 Å². The Balaban J connectivity index is 1.42. The van der Waals surface area contributed by atoms with Gasteiger partial charge in [-0.1, -0.05) is 0 Å². The first-order chi connectivity index (χ1) is 17.8. The van der Waals surface area contributed by atoms with Gasteiger partial charge >= 0.3 is 0 Å². The largest absolute Gasteiger partial charge is 0.365 e. The van der Waals surface area contributed by atoms with Gasteiger partial charge in [-0.3, -0.25) is 24.5 Å². The van der Waals surface area contributed by atoms with Gasteiger partial charge in [0.25, 0.3) is 17.7 Å². The van der Waals surface area contributed by atoms with E-state index in [1.807, 2.05) is 0 Å². The first kappa shape index (κ1) is 23.9. The summed E-state index contributed by atoms with van der Waals surface area (Å²) in [6.07, 6.45) is 5.55. The number of amides is 3. The molecule has 5 N–H and O–H groups in total. The molecular weight excluding hydrogens is 477 g/mol. The Morgan fingerprint density at radius 1 is 1.16 bits per heavy atom. The zero-order valence-corrected chi connectivity index (χ0v) is 19.9. The fraction of sp³-hybridized carbons (Fsp3) is 0.192. The number of hydrogen-bond donors (Lipinski definition) is 4. The summed E-state index contributed by atoms with van der Waals surface area (Å²) in [5.74, 6) is -1.75. The van der Waals surface area contributed by atoms with Gasteiger partial charge in [-0.05, 0) is 61.7 Å². The molecule has 4 aromatic rings. The van der Waals surface area contributed by atoms with Gasteiger partial charge in [0.2, 0.25) is 0 Å². The molecule has 0 bridgehead atoms. The Bertz CT molecular complexity index is 1520. The molecule has 0 saturated carbocycles. The van der Waals surface area contributed by atoms with Gasteiger partial charge in [-0.2, -0.15) is 5.10 Å². The number of nitrogens with one attached hydrogen (secondary N) is 3. The van der Waals surface area contributed by atoms with Crippen LogP contribution in [0.5, 0.6) is 0 Å². The van der Waals surface area contributed by atoms with Crippen molar-refractivity contribution in [3.63, 3.8) is 0 Å². The zero-order chi connectivity index (χ0) is 26.1. The van der Waals surface area contributed by atoms with E-state index in [0.717, 1.165) is 18.4 Å². The number of aromatic nitrogens is 3. The number of H-pyrrole nitrogens is 2. The quantitative estimate of drug-likeness (QED) is 0.319. The number of carbonyl (C=O) groups is 3. The third kappa shape index (κ3) is 4.70. The minimum Gasteiger partial charge on any atom is -0.365 e. The van der Waals surface area contributed by atoms with Crippen LogP contribution in [0.3, 0.4) is 0 Å². The molecular formula is C26H24FN7O3. The molecule has 1 atom stereocenters. The molecule has 1 aliphatic rings. The lowest BCUT2D eigenvalue weighted by Gasteiger charge is -2.19. The van der Waals surface area contributed by atoms with Crippen molar-refractivity contribution in [2.45, 2.75) is 25.3 Å². The lowest BCUT2D eigenvalue weighted by atomic mass is 9.98. The van der Waals surface area contributed by atoms with E-state index in [1.165, 1.54) is 29.2 Å². The maximum Gasteiger partial charge on any atom is 0.270 e. The molecule has 188 valence electrons. The summed E-state index contributed by atoms with van der Waals surface area (Å²) < 4.78 is 13.2. The highest BCUT2D eigenvalue weighted by Crippen LogP contribution is 2.31. The lowest BCUT2D eigenvalue weighted by Crippen LogP contribution is -2.27. The second-order valence-corrected chi connectivity index (χ2v) is 8.81. The van der Waals surface area contributed by atoms with Crippen LogP contribution in [0.2, 0.25) is 0 Å². The van der Waals surface area contributed by atoms with E-state index in [9.17, 15) is 18.8 Å². The number of fused-ring (bicyclic) bond motifs is 1. The predicted octanol–water partition coefficient (Wildman–Crippen LogP) is 3.71. The van der Waals surface area contributed by atoms with Gasteiger partial charge in [0.05, 0.1) is 17.8 Å². The van der Waals surface area contributed by atoms with Crippen LogP contribution in [0.25, 0.3) is 10.9 Å². The first-order valence-corrected chi connectivity index (χ1v) is 11.7. The Morgan fingerprint density at radius 3 is 2.65 bits per heavy atom. The topological polar surface area (TPSA) is 149 Å². The third-order valence-corrected chi connectivity index (χ3v) is 6.42. The fourth-order valence-electron chi connectivity index (χ4n) is 4.47. The number of benzene rings is 2. The molecule has 1 unspecified atom stereocenters. The molecule has 37 heavy (non-hydrogen) atoms. The van der Waals surface area contributed by atoms with Crippen LogP contribution in [0.1, 0.15) is 51.6 Å². The summed E-state index contributed by atoms with van der Waals surface area (Å²) >= 11 is 0. The van der Waals surface area contributed by atoms with E-state index in [0.29, 0.717) is 34.3 Å². The smallest absolute Gasteiger partial charge is 0.270 e. The maximum atomic E-state index is 13.2. The van der Waals surface area contributed by atoms with Crippen molar-refractivity contribution in [2.24, 2.45) is 10.7 Å². The summed E-state index contributed by atoms with van der Waals surface area (Å²) in [5.41, 5.74) is 8.41. The molecule has 0 radical (unpaired) electrons. The monoisotopic (exact) mass is 501 g/mol. The van der Waals surface area contributed by atoms with E-state index in [2.05, 4.69) is 25.5 Å². The van der Waals surface area contributed by atoms with Crippen molar-refractivity contribution in [1.82, 2.24) is 15.2 Å². The van der Waals surface area contributed by atoms with Gasteiger partial charge in [0.1, 0.15) is 17.3 Å². The van der Waals surface area contributed by atoms with E-state index in [1.54, 1.807) is 37.6 Å². The number of nitrogens with zero attached hydrogens (tertiary/aromatic N) is 3. The van der Waals surface area contributed by atoms with Crippen molar-refractivity contribution >= 4 is 45.8 Å². The number of rotatable bonds is 6. The SMILES string of the molecule is CN(C(=O)c1ccc(F)cc1)c1ccc2c(C(N)=O)c(NC(=O)C3=NC(c4cn[nH]c4)CCC3)[nH]c2c1. The molecule has 5 rings (SSSR count). The average Bonchev–Trinajstić information content (AvgIpc) is 3.56. The van der Waals surface area contributed by atoms with Crippen LogP contribution < -0.4 is 16.0 Å². The van der Waals surface area contributed by atoms with Crippen LogP contribution in [0.4, 0.5) is 15.9 Å². The minimum atomic E-state index is -0.716. The standard InChI is InChI=1S/C26H24FN7O3/c1-34(26(37)14-5-7-16(27)8-6-14)17-9-10-18-21(11-17)32-24(22(18)23(28)35)33-25(36)20-4-2-3-19(31-20)15-12-29-30-13-15/h5-13,19,32H,2-4H2,1H3,(H2,28,35)(H,29,30)(H,33,36). The van der Waals surface area contributed by atoms with Gasteiger partial charge in [0.15, 0.2) is 0 Å². The molecule has 3 amide bonds. The second-order valence-electron chi connectivity index (χ2n) is 8.81. The number of nitrogens with two attached hydrogens (primary N) is 1. The maximum absolute atomic E-state index is 13.2. The molecule has 1 aliphatic heterocycles. The molecule has 3 heterocycles. The highest BCUT2D eigenvalue weighted by atomic mass is 19.1. The minimum absolute atomic E-state index is 0.130. The van der Waals surface area contributed by atoms with E-state index >= 15 is 0 Å². The van der Waals surface area contributed by atoms with E-state index in [4.69, 9.17) is 5.73 Å². The van der Waals surface area contributed by atoms with Crippen LogP contribution in [0, 0.1) is 5.82 Å². The first-order valence-electron chi connectivity index (χ1n) is 11.7. The summed E-state index contributed by atoms with van der Waals surface area (Å²) in [6.45, 7) is 0. The molecule has 10 nitrogen and oxygen atoms in total. The zero-order valence-electron chi connectivity index (χ0n) is 19.9. The van der Waals surface area contributed by atoms with Crippen LogP contribution in [-0.4, -0.2) is 45.7 Å². The molecule has 2 aromatic heterocycles. The molecule has 0 fully saturated rings. The second kappa shape index (κ2) is 9.69. The van der Waals surface area contributed by atoms with Gasteiger partial charge in [0, 0.05) is 41.0 Å². The number of aliphatic imine (C=N–C) groups is 1. The Kier molecular flexibility index (Phi) is 6.26. The van der Waals surface area contributed by atoms with Crippen LogP contribution in [0.15, 0.2) is 59.9 Å². The lowest BCUT2D eigenvalue weighted by molar-refractivity contribution is -0.110. The number of hydrogen-bond acceptors (Lipinski definition) is 5. The number of aromatic amines is 2. The number of primary amides is 1. The number of carbonyl (C=O) groups excluding carboxylic acids is 3. The van der Waals surface area contributed by atoms with Crippen LogP contribution in [-0.2, 0) is 4.79 Å². The van der Waals surface area contributed by atoms with Crippen LogP contribution >= 0.6 is 0 Å². The summed E-state index contributed by atoms with van der Waals surface area (Å²) in [6, 6.07) is 10.1. The Morgan fingerprint density at radius 2 is 1.95 bits per heavy atom. The predicted molar refractivity (Wildman–Crippen MR) is 137 cm³/mol. The Hall–Kier alpha value is -4.80. The van der Waals surface area contributed by atoms with E-state index < -0.39 is 17.6 Å². The Labute approximate surface area is 210 Å². The molecule has 11 heteroatoms. The van der Waals surface area contributed by atoms with Gasteiger partial charge in [-0.15, -0.1) is 0 Å². The summed E-state index contributed by atoms with van der Waals surface area (Å²) in [7, 11) is 1.59.